The highest BCUT2D eigenvalue weighted by Crippen LogP contribution is 2.49. The molecule has 1 fully saturated rings. The minimum absolute atomic E-state index is 0.229. The zero-order valence-electron chi connectivity index (χ0n) is 19.6. The van der Waals surface area contributed by atoms with Crippen LogP contribution >= 0.6 is 7.60 Å². The van der Waals surface area contributed by atoms with Gasteiger partial charge in [0.1, 0.15) is 12.2 Å². The average Bonchev–Trinajstić information content (AvgIpc) is 3.18. The predicted octanol–water partition coefficient (Wildman–Crippen LogP) is 5.18. The van der Waals surface area contributed by atoms with E-state index in [2.05, 4.69) is 0 Å². The van der Waals surface area contributed by atoms with Gasteiger partial charge < -0.3 is 28.0 Å². The molecule has 7 nitrogen and oxygen atoms in total. The van der Waals surface area contributed by atoms with Crippen molar-refractivity contribution in [1.82, 2.24) is 0 Å². The maximum Gasteiger partial charge on any atom is 0.330 e. The van der Waals surface area contributed by atoms with Gasteiger partial charge in [-0.2, -0.15) is 0 Å². The first-order valence-electron chi connectivity index (χ1n) is 11.5. The summed E-state index contributed by atoms with van der Waals surface area (Å²) < 4.78 is 48.2. The van der Waals surface area contributed by atoms with Gasteiger partial charge in [-0.25, -0.2) is 0 Å². The minimum atomic E-state index is -3.20. The molecule has 2 aromatic rings. The smallest absolute Gasteiger partial charge is 0.330 e. The molecule has 1 heterocycles. The van der Waals surface area contributed by atoms with Gasteiger partial charge in [0.25, 0.3) is 0 Å². The van der Waals surface area contributed by atoms with Gasteiger partial charge >= 0.3 is 7.60 Å². The quantitative estimate of drug-likeness (QED) is 0.346. The summed E-state index contributed by atoms with van der Waals surface area (Å²) in [6, 6.07) is 19.9. The summed E-state index contributed by atoms with van der Waals surface area (Å²) in [4.78, 5) is 0. The fourth-order valence-electron chi connectivity index (χ4n) is 3.87. The van der Waals surface area contributed by atoms with Crippen molar-refractivity contribution >= 4 is 7.60 Å². The summed E-state index contributed by atoms with van der Waals surface area (Å²) in [7, 11) is -1.61. The molecule has 0 unspecified atom stereocenters. The minimum Gasteiger partial charge on any atom is -0.368 e. The zero-order valence-corrected chi connectivity index (χ0v) is 20.5. The topological polar surface area (TPSA) is 72.5 Å². The molecule has 0 bridgehead atoms. The van der Waals surface area contributed by atoms with Crippen molar-refractivity contribution < 1.29 is 32.6 Å². The highest BCUT2D eigenvalue weighted by atomic mass is 31.2. The second kappa shape index (κ2) is 13.4. The number of methoxy groups -OCH3 is 1. The monoisotopic (exact) mass is 478 g/mol. The van der Waals surface area contributed by atoms with Gasteiger partial charge in [-0.15, -0.1) is 0 Å². The Bertz CT molecular complexity index is 838. The van der Waals surface area contributed by atoms with Crippen molar-refractivity contribution in [2.24, 2.45) is 0 Å². The van der Waals surface area contributed by atoms with Crippen LogP contribution in [0.2, 0.25) is 0 Å². The molecule has 2 aromatic carbocycles. The van der Waals surface area contributed by atoms with Crippen LogP contribution in [0, 0.1) is 0 Å². The molecular weight excluding hydrogens is 443 g/mol. The lowest BCUT2D eigenvalue weighted by Crippen LogP contribution is -2.38. The molecule has 1 aliphatic heterocycles. The molecule has 0 aliphatic carbocycles. The number of rotatable bonds is 14. The van der Waals surface area contributed by atoms with Crippen LogP contribution < -0.4 is 0 Å². The molecular formula is C25H35O7P. The van der Waals surface area contributed by atoms with Crippen molar-refractivity contribution in [3.63, 3.8) is 0 Å². The van der Waals surface area contributed by atoms with E-state index in [-0.39, 0.29) is 12.3 Å². The molecule has 0 amide bonds. The summed E-state index contributed by atoms with van der Waals surface area (Å²) in [5, 5.41) is 0. The van der Waals surface area contributed by atoms with Gasteiger partial charge in [0.05, 0.1) is 38.7 Å². The first kappa shape index (κ1) is 26.0. The molecule has 182 valence electrons. The first-order chi connectivity index (χ1) is 16.1. The lowest BCUT2D eigenvalue weighted by atomic mass is 10.1. The third-order valence-electron chi connectivity index (χ3n) is 5.41. The Morgan fingerprint density at radius 1 is 0.818 bits per heavy atom. The van der Waals surface area contributed by atoms with E-state index in [1.54, 1.807) is 21.0 Å². The Hall–Kier alpha value is -1.57. The van der Waals surface area contributed by atoms with E-state index < -0.39 is 26.1 Å². The van der Waals surface area contributed by atoms with Crippen LogP contribution in [0.25, 0.3) is 0 Å². The van der Waals surface area contributed by atoms with Crippen molar-refractivity contribution in [3.8, 4) is 0 Å². The highest BCUT2D eigenvalue weighted by Gasteiger charge is 2.47. The number of benzene rings is 2. The van der Waals surface area contributed by atoms with Crippen molar-refractivity contribution in [2.75, 3.05) is 26.5 Å². The first-order valence-corrected chi connectivity index (χ1v) is 13.2. The molecule has 33 heavy (non-hydrogen) atoms. The van der Waals surface area contributed by atoms with Gasteiger partial charge in [0.15, 0.2) is 6.29 Å². The molecule has 3 rings (SSSR count). The summed E-state index contributed by atoms with van der Waals surface area (Å²) in [5.41, 5.74) is 2.10. The lowest BCUT2D eigenvalue weighted by molar-refractivity contribution is -0.166. The normalized spacial score (nSPS) is 23.1. The van der Waals surface area contributed by atoms with Crippen LogP contribution in [0.15, 0.2) is 60.7 Å². The summed E-state index contributed by atoms with van der Waals surface area (Å²) in [6.07, 6.45) is -1.17. The van der Waals surface area contributed by atoms with Crippen LogP contribution in [-0.2, 0) is 45.8 Å². The zero-order chi connectivity index (χ0) is 23.5. The van der Waals surface area contributed by atoms with E-state index in [0.717, 1.165) is 11.1 Å². The molecule has 8 heteroatoms. The third kappa shape index (κ3) is 7.72. The second-order valence-electron chi connectivity index (χ2n) is 7.76. The summed E-state index contributed by atoms with van der Waals surface area (Å²) >= 11 is 0. The standard InChI is InChI=1S/C25H35O7P/c1-4-30-33(26,31-5-2)17-16-22-23(28-18-20-12-8-6-9-13-20)24(25(27-3)32-22)29-19-21-14-10-7-11-15-21/h6-15,22-25H,4-5,16-19H2,1-3H3/t22-,23-,24+,25+/m1/s1. The largest absolute Gasteiger partial charge is 0.368 e. The maximum atomic E-state index is 13.0. The van der Waals surface area contributed by atoms with Crippen molar-refractivity contribution in [2.45, 2.75) is 58.1 Å². The van der Waals surface area contributed by atoms with E-state index in [1.807, 2.05) is 60.7 Å². The van der Waals surface area contributed by atoms with Crippen LogP contribution in [0.4, 0.5) is 0 Å². The fourth-order valence-corrected chi connectivity index (χ4v) is 5.56. The molecule has 0 aromatic heterocycles. The Morgan fingerprint density at radius 2 is 1.33 bits per heavy atom. The van der Waals surface area contributed by atoms with Gasteiger partial charge in [-0.05, 0) is 31.4 Å². The Balaban J connectivity index is 1.73. The van der Waals surface area contributed by atoms with E-state index >= 15 is 0 Å². The molecule has 0 radical (unpaired) electrons. The Kier molecular flexibility index (Phi) is 10.5. The molecule has 1 aliphatic rings. The molecule has 0 saturated carbocycles. The van der Waals surface area contributed by atoms with Crippen molar-refractivity contribution in [3.05, 3.63) is 71.8 Å². The van der Waals surface area contributed by atoms with Gasteiger partial charge in [0, 0.05) is 7.11 Å². The van der Waals surface area contributed by atoms with Crippen LogP contribution in [-0.4, -0.2) is 51.1 Å². The van der Waals surface area contributed by atoms with Gasteiger partial charge in [0.2, 0.25) is 0 Å². The van der Waals surface area contributed by atoms with E-state index in [9.17, 15) is 4.57 Å². The number of hydrogen-bond acceptors (Lipinski definition) is 7. The second-order valence-corrected chi connectivity index (χ2v) is 9.95. The van der Waals surface area contributed by atoms with E-state index in [0.29, 0.717) is 32.8 Å². The predicted molar refractivity (Wildman–Crippen MR) is 126 cm³/mol. The Labute approximate surface area is 196 Å². The van der Waals surface area contributed by atoms with Gasteiger partial charge in [-0.1, -0.05) is 60.7 Å². The SMILES string of the molecule is CCOP(=O)(CC[C@H]1O[C@H](OC)[C@@H](OCc2ccccc2)[C@@H]1OCc1ccccc1)OCC. The number of ether oxygens (including phenoxy) is 4. The van der Waals surface area contributed by atoms with E-state index in [4.69, 9.17) is 28.0 Å². The van der Waals surface area contributed by atoms with Crippen LogP contribution in [0.1, 0.15) is 31.4 Å². The summed E-state index contributed by atoms with van der Waals surface area (Å²) in [5.74, 6) is 0. The van der Waals surface area contributed by atoms with Crippen molar-refractivity contribution in [1.29, 1.82) is 0 Å². The Morgan fingerprint density at radius 3 is 1.82 bits per heavy atom. The molecule has 4 atom stereocenters. The average molecular weight is 479 g/mol. The molecule has 1 saturated heterocycles. The summed E-state index contributed by atoms with van der Waals surface area (Å²) in [6.45, 7) is 5.06. The third-order valence-corrected chi connectivity index (χ3v) is 7.52. The molecule has 0 N–H and O–H groups in total. The van der Waals surface area contributed by atoms with Crippen LogP contribution in [0.5, 0.6) is 0 Å². The highest BCUT2D eigenvalue weighted by molar-refractivity contribution is 7.53. The maximum absolute atomic E-state index is 13.0. The lowest BCUT2D eigenvalue weighted by Gasteiger charge is -2.25. The van der Waals surface area contributed by atoms with Crippen LogP contribution in [0.3, 0.4) is 0 Å². The number of hydrogen-bond donors (Lipinski definition) is 0. The molecule has 0 spiro atoms. The van der Waals surface area contributed by atoms with E-state index in [1.165, 1.54) is 0 Å². The fraction of sp³-hybridized carbons (Fsp3) is 0.520. The van der Waals surface area contributed by atoms with Gasteiger partial charge in [-0.3, -0.25) is 4.57 Å².